The fourth-order valence-electron chi connectivity index (χ4n) is 4.44. The number of carbonyl (C=O) groups is 3. The maximum atomic E-state index is 13.0. The van der Waals surface area contributed by atoms with Crippen molar-refractivity contribution in [1.29, 1.82) is 0 Å². The summed E-state index contributed by atoms with van der Waals surface area (Å²) < 4.78 is 6.08. The molecule has 5 rings (SSSR count). The van der Waals surface area contributed by atoms with E-state index in [2.05, 4.69) is 24.4 Å². The Bertz CT molecular complexity index is 1270. The van der Waals surface area contributed by atoms with Gasteiger partial charge in [0.05, 0.1) is 4.88 Å². The van der Waals surface area contributed by atoms with Crippen molar-refractivity contribution in [1.82, 2.24) is 19.6 Å². The minimum atomic E-state index is -1.16. The van der Waals surface area contributed by atoms with Crippen LogP contribution >= 0.6 is 34.6 Å². The lowest BCUT2D eigenvalue weighted by Crippen LogP contribution is -2.71. The summed E-state index contributed by atoms with van der Waals surface area (Å²) in [5.74, 6) is -1.95. The van der Waals surface area contributed by atoms with Gasteiger partial charge in [0.2, 0.25) is 17.0 Å². The molecule has 4 heterocycles. The van der Waals surface area contributed by atoms with Gasteiger partial charge >= 0.3 is 5.97 Å². The van der Waals surface area contributed by atoms with E-state index in [1.54, 1.807) is 11.3 Å². The van der Waals surface area contributed by atoms with E-state index in [1.165, 1.54) is 40.8 Å². The maximum Gasteiger partial charge on any atom is 0.352 e. The Kier molecular flexibility index (Phi) is 6.46. The van der Waals surface area contributed by atoms with Crippen molar-refractivity contribution in [2.75, 3.05) is 18.6 Å². The summed E-state index contributed by atoms with van der Waals surface area (Å²) in [7, 11) is 1.27. The quantitative estimate of drug-likeness (QED) is 0.193. The van der Waals surface area contributed by atoms with Gasteiger partial charge in [-0.15, -0.1) is 11.8 Å². The summed E-state index contributed by atoms with van der Waals surface area (Å²) in [6.07, 6.45) is 4.32. The van der Waals surface area contributed by atoms with Gasteiger partial charge in [0.15, 0.2) is 17.4 Å². The summed E-state index contributed by atoms with van der Waals surface area (Å²) in [4.78, 5) is 49.4. The lowest BCUT2D eigenvalue weighted by molar-refractivity contribution is -0.692. The fraction of sp³-hybridized carbons (Fsp3) is 0.450. The average Bonchev–Trinajstić information content (AvgIpc) is 3.46. The number of oxime groups is 1. The molecule has 184 valence electrons. The number of hydrogen-bond acceptors (Lipinski definition) is 11. The number of nitrogens with two attached hydrogens (primary N) is 1. The molecular weight excluding hydrogens is 514 g/mol. The fourth-order valence-corrected chi connectivity index (χ4v) is 7.29. The number of anilines is 1. The third-order valence-electron chi connectivity index (χ3n) is 6.01. The van der Waals surface area contributed by atoms with Crippen LogP contribution in [-0.2, 0) is 38.6 Å². The van der Waals surface area contributed by atoms with Gasteiger partial charge in [0.1, 0.15) is 24.2 Å². The third kappa shape index (κ3) is 4.27. The number of β-lactam (4-membered cyclic amide) rings is 1. The smallest absolute Gasteiger partial charge is 0.352 e. The molecular formula is C20H22N7O5S3+. The van der Waals surface area contributed by atoms with E-state index >= 15 is 0 Å². The first-order chi connectivity index (χ1) is 16.9. The van der Waals surface area contributed by atoms with Gasteiger partial charge < -0.3 is 21.0 Å². The predicted molar refractivity (Wildman–Crippen MR) is 129 cm³/mol. The molecule has 0 spiro atoms. The van der Waals surface area contributed by atoms with Gasteiger partial charge in [-0.05, 0) is 19.3 Å². The maximum absolute atomic E-state index is 13.0. The number of carbonyl (C=O) groups excluding carboxylic acids is 2. The highest BCUT2D eigenvalue weighted by Gasteiger charge is 2.55. The number of rotatable bonds is 7. The second kappa shape index (κ2) is 9.54. The molecule has 0 aromatic carbocycles. The van der Waals surface area contributed by atoms with E-state index in [-0.39, 0.29) is 22.4 Å². The molecule has 2 atom stereocenters. The number of nitrogens with one attached hydrogen (secondary N) is 1. The van der Waals surface area contributed by atoms with Crippen molar-refractivity contribution < 1.29 is 28.9 Å². The van der Waals surface area contributed by atoms with Crippen molar-refractivity contribution >= 4 is 63.3 Å². The number of carboxylic acids is 1. The molecule has 35 heavy (non-hydrogen) atoms. The molecule has 12 nitrogen and oxygen atoms in total. The third-order valence-corrected chi connectivity index (χ3v) is 8.97. The minimum absolute atomic E-state index is 0.00719. The second-order valence-electron chi connectivity index (χ2n) is 8.13. The van der Waals surface area contributed by atoms with E-state index in [9.17, 15) is 19.5 Å². The predicted octanol–water partition coefficient (Wildman–Crippen LogP) is 0.137. The molecule has 3 aliphatic rings. The van der Waals surface area contributed by atoms with Crippen LogP contribution in [-0.4, -0.2) is 67.1 Å². The van der Waals surface area contributed by atoms with Crippen LogP contribution < -0.4 is 15.6 Å². The van der Waals surface area contributed by atoms with Crippen molar-refractivity contribution in [3.05, 3.63) is 33.2 Å². The minimum Gasteiger partial charge on any atom is -0.477 e. The first-order valence-electron chi connectivity index (χ1n) is 10.8. The van der Waals surface area contributed by atoms with Crippen LogP contribution in [0.1, 0.15) is 29.2 Å². The van der Waals surface area contributed by atoms with Crippen LogP contribution in [0.15, 0.2) is 21.9 Å². The number of aliphatic carboxylic acids is 1. The number of thiazole rings is 1. The Morgan fingerprint density at radius 1 is 1.40 bits per heavy atom. The zero-order valence-electron chi connectivity index (χ0n) is 18.6. The zero-order chi connectivity index (χ0) is 24.7. The van der Waals surface area contributed by atoms with E-state index < -0.39 is 29.2 Å². The highest BCUT2D eigenvalue weighted by atomic mass is 32.2. The first-order valence-corrected chi connectivity index (χ1v) is 13.5. The number of nitrogen functional groups attached to an aromatic ring is 1. The zero-order valence-corrected chi connectivity index (χ0v) is 21.0. The number of thioether (sulfide) groups is 1. The van der Waals surface area contributed by atoms with E-state index in [0.717, 1.165) is 30.8 Å². The summed E-state index contributed by atoms with van der Waals surface area (Å²) in [5, 5.41) is 15.9. The molecule has 0 bridgehead atoms. The summed E-state index contributed by atoms with van der Waals surface area (Å²) >= 11 is 4.01. The molecule has 1 saturated heterocycles. The number of aromatic nitrogens is 3. The molecule has 2 aliphatic heterocycles. The van der Waals surface area contributed by atoms with E-state index in [0.29, 0.717) is 17.9 Å². The Hall–Kier alpha value is -3.04. The number of carboxylic acid groups (broad SMARTS) is 1. The van der Waals surface area contributed by atoms with Crippen molar-refractivity contribution in [3.63, 3.8) is 0 Å². The first kappa shape index (κ1) is 23.7. The second-order valence-corrected chi connectivity index (χ2v) is 11.0. The Morgan fingerprint density at radius 2 is 2.20 bits per heavy atom. The molecule has 0 unspecified atom stereocenters. The lowest BCUT2D eigenvalue weighted by atomic mass is 10.0. The number of hydrogen-bond donors (Lipinski definition) is 3. The SMILES string of the molecule is CO/N=C(\C(=O)N[C@@H]1C(=O)N2C(C(=O)O)=C(C[n+]3csc4c3CCCC4)CS[C@@H]12)c1nsc(N)n1. The molecule has 0 radical (unpaired) electrons. The van der Waals surface area contributed by atoms with Gasteiger partial charge in [-0.1, -0.05) is 16.5 Å². The molecule has 2 amide bonds. The van der Waals surface area contributed by atoms with Crippen LogP contribution in [0, 0.1) is 0 Å². The van der Waals surface area contributed by atoms with E-state index in [4.69, 9.17) is 10.6 Å². The molecule has 4 N–H and O–H groups in total. The van der Waals surface area contributed by atoms with Crippen LogP contribution in [0.4, 0.5) is 5.13 Å². The van der Waals surface area contributed by atoms with Gasteiger partial charge in [-0.3, -0.25) is 14.5 Å². The molecule has 2 aromatic heterocycles. The van der Waals surface area contributed by atoms with Crippen LogP contribution in [0.3, 0.4) is 0 Å². The van der Waals surface area contributed by atoms with Gasteiger partial charge in [0.25, 0.3) is 11.8 Å². The lowest BCUT2D eigenvalue weighted by Gasteiger charge is -2.49. The van der Waals surface area contributed by atoms with Crippen molar-refractivity contribution in [2.45, 2.75) is 43.6 Å². The number of fused-ring (bicyclic) bond motifs is 2. The Morgan fingerprint density at radius 3 is 2.91 bits per heavy atom. The average molecular weight is 537 g/mol. The summed E-state index contributed by atoms with van der Waals surface area (Å²) in [5.41, 5.74) is 9.34. The van der Waals surface area contributed by atoms with Crippen molar-refractivity contribution in [3.8, 4) is 0 Å². The number of aryl methyl sites for hydroxylation is 1. The highest BCUT2D eigenvalue weighted by Crippen LogP contribution is 2.40. The van der Waals surface area contributed by atoms with Gasteiger partial charge in [0, 0.05) is 29.3 Å². The number of nitrogens with zero attached hydrogens (tertiary/aromatic N) is 5. The molecule has 15 heteroatoms. The largest absolute Gasteiger partial charge is 0.477 e. The Labute approximate surface area is 212 Å². The molecule has 0 saturated carbocycles. The topological polar surface area (TPSA) is 164 Å². The Balaban J connectivity index is 1.35. The van der Waals surface area contributed by atoms with E-state index in [1.807, 2.05) is 5.51 Å². The highest BCUT2D eigenvalue weighted by molar-refractivity contribution is 8.00. The van der Waals surface area contributed by atoms with Crippen molar-refractivity contribution in [2.24, 2.45) is 5.16 Å². The molecule has 1 aliphatic carbocycles. The molecule has 2 aromatic rings. The van der Waals surface area contributed by atoms with Crippen LogP contribution in [0.5, 0.6) is 0 Å². The normalized spacial score (nSPS) is 21.8. The van der Waals surface area contributed by atoms with Gasteiger partial charge in [-0.2, -0.15) is 13.9 Å². The van der Waals surface area contributed by atoms with Crippen LogP contribution in [0.25, 0.3) is 0 Å². The number of amides is 2. The standard InChI is InChI=1S/C20H21N7O5S3/c1-32-24-12(15-23-20(21)35-25-15)16(28)22-13-17(29)27-14(19(30)31)9(7-33-18(13)27)6-26-8-34-11-5-3-2-4-10(11)26/h8,13,18H,2-7H2,1H3,(H3-,21,22,23,25,28,30,31)/p+1/b24-12-/t13-,18+/m1/s1. The van der Waals surface area contributed by atoms with Crippen LogP contribution in [0.2, 0.25) is 0 Å². The summed E-state index contributed by atoms with van der Waals surface area (Å²) in [6.45, 7) is 0.426. The summed E-state index contributed by atoms with van der Waals surface area (Å²) in [6, 6.07) is -0.914. The monoisotopic (exact) mass is 536 g/mol. The van der Waals surface area contributed by atoms with Gasteiger partial charge in [-0.25, -0.2) is 4.79 Å². The molecule has 1 fully saturated rings.